The van der Waals surface area contributed by atoms with E-state index in [0.29, 0.717) is 11.1 Å². The highest BCUT2D eigenvalue weighted by Crippen LogP contribution is 2.37. The van der Waals surface area contributed by atoms with Crippen LogP contribution in [0.25, 0.3) is 6.08 Å². The van der Waals surface area contributed by atoms with Crippen LogP contribution >= 0.6 is 0 Å². The molecule has 122 valence electrons. The van der Waals surface area contributed by atoms with E-state index in [0.717, 1.165) is 11.1 Å². The van der Waals surface area contributed by atoms with Gasteiger partial charge < -0.3 is 5.11 Å². The second kappa shape index (κ2) is 6.49. The van der Waals surface area contributed by atoms with Crippen molar-refractivity contribution in [3.8, 4) is 5.75 Å². The molecule has 0 aromatic heterocycles. The lowest BCUT2D eigenvalue weighted by Crippen LogP contribution is -2.19. The first-order valence-electron chi connectivity index (χ1n) is 7.29. The van der Waals surface area contributed by atoms with E-state index >= 15 is 0 Å². The molecule has 1 nitrogen and oxygen atoms in total. The van der Waals surface area contributed by atoms with Crippen LogP contribution in [0.4, 0.5) is 13.2 Å². The third-order valence-electron chi connectivity index (χ3n) is 3.66. The fourth-order valence-electron chi connectivity index (χ4n) is 2.59. The maximum absolute atomic E-state index is 13.4. The number of alkyl halides is 3. The van der Waals surface area contributed by atoms with Crippen molar-refractivity contribution >= 4 is 6.08 Å². The molecule has 1 atom stereocenters. The zero-order valence-corrected chi connectivity index (χ0v) is 13.3. The minimum atomic E-state index is -4.36. The van der Waals surface area contributed by atoms with E-state index in [1.165, 1.54) is 18.2 Å². The maximum Gasteiger partial charge on any atom is 0.399 e. The van der Waals surface area contributed by atoms with Gasteiger partial charge in [-0.05, 0) is 49.6 Å². The average Bonchev–Trinajstić information content (AvgIpc) is 2.40. The third kappa shape index (κ3) is 4.38. The van der Waals surface area contributed by atoms with Crippen molar-refractivity contribution in [1.82, 2.24) is 0 Å². The molecule has 23 heavy (non-hydrogen) atoms. The first-order valence-corrected chi connectivity index (χ1v) is 7.29. The molecule has 0 spiro atoms. The number of hydrogen-bond donors (Lipinski definition) is 1. The van der Waals surface area contributed by atoms with Crippen molar-refractivity contribution < 1.29 is 18.3 Å². The molecule has 1 N–H and O–H groups in total. The van der Waals surface area contributed by atoms with Gasteiger partial charge in [-0.2, -0.15) is 13.2 Å². The molecule has 0 heterocycles. The van der Waals surface area contributed by atoms with Crippen molar-refractivity contribution in [2.45, 2.75) is 32.9 Å². The van der Waals surface area contributed by atoms with Gasteiger partial charge in [0.05, 0.1) is 5.92 Å². The monoisotopic (exact) mass is 320 g/mol. The molecule has 0 aliphatic heterocycles. The molecule has 1 unspecified atom stereocenters. The summed E-state index contributed by atoms with van der Waals surface area (Å²) in [5.41, 5.74) is 3.11. The summed E-state index contributed by atoms with van der Waals surface area (Å²) in [7, 11) is 0. The molecular formula is C19H19F3O. The van der Waals surface area contributed by atoms with Crippen LogP contribution < -0.4 is 0 Å². The van der Waals surface area contributed by atoms with Crippen molar-refractivity contribution in [2.24, 2.45) is 0 Å². The highest BCUT2D eigenvalue weighted by Gasteiger charge is 2.38. The molecule has 0 radical (unpaired) electrons. The summed E-state index contributed by atoms with van der Waals surface area (Å²) in [6, 6.07) is 9.71. The Morgan fingerprint density at radius 1 is 0.957 bits per heavy atom. The van der Waals surface area contributed by atoms with Gasteiger partial charge in [0.25, 0.3) is 0 Å². The summed E-state index contributed by atoms with van der Waals surface area (Å²) in [6.07, 6.45) is -1.75. The van der Waals surface area contributed by atoms with Crippen LogP contribution in [0.2, 0.25) is 0 Å². The van der Waals surface area contributed by atoms with E-state index in [9.17, 15) is 18.3 Å². The molecule has 0 saturated heterocycles. The third-order valence-corrected chi connectivity index (χ3v) is 3.66. The van der Waals surface area contributed by atoms with Gasteiger partial charge in [-0.15, -0.1) is 0 Å². The lowest BCUT2D eigenvalue weighted by atomic mass is 9.94. The number of hydrogen-bond acceptors (Lipinski definition) is 1. The van der Waals surface area contributed by atoms with Gasteiger partial charge >= 0.3 is 6.18 Å². The molecular weight excluding hydrogens is 301 g/mol. The minimum absolute atomic E-state index is 0.129. The van der Waals surface area contributed by atoms with Gasteiger partial charge in [-0.25, -0.2) is 0 Å². The smallest absolute Gasteiger partial charge is 0.399 e. The van der Waals surface area contributed by atoms with E-state index in [-0.39, 0.29) is 11.3 Å². The largest absolute Gasteiger partial charge is 0.508 e. The normalized spacial score (nSPS) is 13.5. The molecule has 0 fully saturated rings. The predicted molar refractivity (Wildman–Crippen MR) is 86.6 cm³/mol. The second-order valence-electron chi connectivity index (χ2n) is 5.85. The SMILES string of the molecule is Cc1cc(C)cc(C(/C=C/c2ccc(O)c(C)c2)C(F)(F)F)c1. The summed E-state index contributed by atoms with van der Waals surface area (Å²) in [6.45, 7) is 5.28. The number of phenolic OH excluding ortho intramolecular Hbond substituents is 1. The van der Waals surface area contributed by atoms with E-state index in [1.54, 1.807) is 45.0 Å². The molecule has 0 aliphatic rings. The summed E-state index contributed by atoms with van der Waals surface area (Å²) in [4.78, 5) is 0. The molecule has 0 aliphatic carbocycles. The van der Waals surface area contributed by atoms with E-state index in [4.69, 9.17) is 0 Å². The minimum Gasteiger partial charge on any atom is -0.508 e. The Morgan fingerprint density at radius 3 is 2.09 bits per heavy atom. The van der Waals surface area contributed by atoms with Crippen LogP contribution in [-0.2, 0) is 0 Å². The Hall–Kier alpha value is -2.23. The van der Waals surface area contributed by atoms with Gasteiger partial charge in [0.1, 0.15) is 5.75 Å². The Kier molecular flexibility index (Phi) is 4.83. The summed E-state index contributed by atoms with van der Waals surface area (Å²) >= 11 is 0. The molecule has 4 heteroatoms. The van der Waals surface area contributed by atoms with Crippen LogP contribution in [0.15, 0.2) is 42.5 Å². The highest BCUT2D eigenvalue weighted by atomic mass is 19.4. The molecule has 2 aromatic rings. The summed E-state index contributed by atoms with van der Waals surface area (Å²) in [5.74, 6) is -1.53. The van der Waals surface area contributed by atoms with Crippen LogP contribution in [0, 0.1) is 20.8 Å². The van der Waals surface area contributed by atoms with Gasteiger partial charge in [0, 0.05) is 0 Å². The van der Waals surface area contributed by atoms with Crippen LogP contribution in [0.5, 0.6) is 5.75 Å². The van der Waals surface area contributed by atoms with Crippen molar-refractivity contribution in [2.75, 3.05) is 0 Å². The Balaban J connectivity index is 2.39. The second-order valence-corrected chi connectivity index (χ2v) is 5.85. The van der Waals surface area contributed by atoms with Crippen molar-refractivity contribution in [3.63, 3.8) is 0 Å². The van der Waals surface area contributed by atoms with Gasteiger partial charge in [-0.3, -0.25) is 0 Å². The fraction of sp³-hybridized carbons (Fsp3) is 0.263. The first kappa shape index (κ1) is 17.1. The Labute approximate surface area is 134 Å². The van der Waals surface area contributed by atoms with Gasteiger partial charge in [0.2, 0.25) is 0 Å². The van der Waals surface area contributed by atoms with Crippen LogP contribution in [-0.4, -0.2) is 11.3 Å². The molecule has 2 rings (SSSR count). The van der Waals surface area contributed by atoms with E-state index in [1.807, 2.05) is 6.07 Å². The number of phenols is 1. The van der Waals surface area contributed by atoms with Gasteiger partial charge in [0.15, 0.2) is 0 Å². The summed E-state index contributed by atoms with van der Waals surface area (Å²) in [5, 5.41) is 9.49. The number of benzene rings is 2. The first-order chi connectivity index (χ1) is 10.7. The zero-order chi connectivity index (χ0) is 17.2. The zero-order valence-electron chi connectivity index (χ0n) is 13.3. The number of rotatable bonds is 3. The predicted octanol–water partition coefficient (Wildman–Crippen LogP) is 5.68. The molecule has 0 saturated carbocycles. The van der Waals surface area contributed by atoms with Crippen molar-refractivity contribution in [3.05, 3.63) is 70.3 Å². The number of allylic oxidation sites excluding steroid dienone is 1. The number of halogens is 3. The van der Waals surface area contributed by atoms with Crippen LogP contribution in [0.3, 0.4) is 0 Å². The Morgan fingerprint density at radius 2 is 1.57 bits per heavy atom. The topological polar surface area (TPSA) is 20.2 Å². The Bertz CT molecular complexity index is 710. The van der Waals surface area contributed by atoms with Crippen molar-refractivity contribution in [1.29, 1.82) is 0 Å². The lowest BCUT2D eigenvalue weighted by molar-refractivity contribution is -0.139. The highest BCUT2D eigenvalue weighted by molar-refractivity contribution is 5.54. The quantitative estimate of drug-likeness (QED) is 0.771. The summed E-state index contributed by atoms with van der Waals surface area (Å²) < 4.78 is 40.3. The van der Waals surface area contributed by atoms with E-state index in [2.05, 4.69) is 0 Å². The number of aromatic hydroxyl groups is 1. The lowest BCUT2D eigenvalue weighted by Gasteiger charge is -2.18. The molecule has 0 amide bonds. The fourth-order valence-corrected chi connectivity index (χ4v) is 2.59. The number of aryl methyl sites for hydroxylation is 3. The molecule has 0 bridgehead atoms. The molecule has 2 aromatic carbocycles. The average molecular weight is 320 g/mol. The standard InChI is InChI=1S/C19H19F3O/c1-12-8-13(2)10-16(9-12)17(19(20,21)22)6-4-15-5-7-18(23)14(3)11-15/h4-11,17,23H,1-3H3/b6-4+. The van der Waals surface area contributed by atoms with Gasteiger partial charge in [-0.1, -0.05) is 47.5 Å². The maximum atomic E-state index is 13.4. The van der Waals surface area contributed by atoms with E-state index < -0.39 is 12.1 Å². The van der Waals surface area contributed by atoms with Crippen LogP contribution in [0.1, 0.15) is 33.7 Å².